The molecule has 3 rings (SSSR count). The van der Waals surface area contributed by atoms with Gasteiger partial charge in [-0.1, -0.05) is 41.6 Å². The number of nitrogens with two attached hydrogens (primary N) is 1. The largest absolute Gasteiger partial charge is 0.335 e. The van der Waals surface area contributed by atoms with Crippen LogP contribution in [0.2, 0.25) is 5.02 Å². The van der Waals surface area contributed by atoms with Gasteiger partial charge in [-0.3, -0.25) is 4.98 Å². The lowest BCUT2D eigenvalue weighted by atomic mass is 10.2. The summed E-state index contributed by atoms with van der Waals surface area (Å²) < 4.78 is 1.46. The number of aromatic nitrogens is 4. The SMILES string of the molecule is Nn1c(SCc2ccc(Cl)cc2)nnc1-c1ccccn1. The van der Waals surface area contributed by atoms with Crippen molar-refractivity contribution in [3.63, 3.8) is 0 Å². The first kappa shape index (κ1) is 13.9. The molecule has 3 aromatic rings. The quantitative estimate of drug-likeness (QED) is 0.591. The van der Waals surface area contributed by atoms with Gasteiger partial charge in [0.25, 0.3) is 0 Å². The van der Waals surface area contributed by atoms with Crippen molar-refractivity contribution in [1.82, 2.24) is 19.9 Å². The molecule has 0 aliphatic heterocycles. The molecule has 0 unspecified atom stereocenters. The standard InChI is InChI=1S/C14H12ClN5S/c15-11-6-4-10(5-7-11)9-21-14-19-18-13(20(14)16)12-3-1-2-8-17-12/h1-8H,9,16H2. The highest BCUT2D eigenvalue weighted by molar-refractivity contribution is 7.98. The lowest BCUT2D eigenvalue weighted by molar-refractivity contribution is 0.848. The second kappa shape index (κ2) is 6.15. The minimum atomic E-state index is 0.550. The molecule has 0 atom stereocenters. The third-order valence-electron chi connectivity index (χ3n) is 2.84. The van der Waals surface area contributed by atoms with E-state index in [4.69, 9.17) is 17.4 Å². The van der Waals surface area contributed by atoms with E-state index >= 15 is 0 Å². The van der Waals surface area contributed by atoms with Gasteiger partial charge < -0.3 is 5.84 Å². The third kappa shape index (κ3) is 3.17. The van der Waals surface area contributed by atoms with E-state index in [0.29, 0.717) is 16.7 Å². The fourth-order valence-corrected chi connectivity index (χ4v) is 2.71. The molecule has 0 aliphatic rings. The Morgan fingerprint density at radius 2 is 1.90 bits per heavy atom. The average molecular weight is 318 g/mol. The molecule has 0 radical (unpaired) electrons. The predicted octanol–water partition coefficient (Wildman–Crippen LogP) is 3.00. The van der Waals surface area contributed by atoms with Gasteiger partial charge in [-0.2, -0.15) is 0 Å². The van der Waals surface area contributed by atoms with Crippen LogP contribution in [-0.2, 0) is 5.75 Å². The first-order valence-corrected chi connectivity index (χ1v) is 7.59. The average Bonchev–Trinajstić information content (AvgIpc) is 2.89. The Labute approximate surface area is 131 Å². The number of hydrogen-bond donors (Lipinski definition) is 1. The fourth-order valence-electron chi connectivity index (χ4n) is 1.77. The number of halogens is 1. The first-order valence-electron chi connectivity index (χ1n) is 6.23. The van der Waals surface area contributed by atoms with Gasteiger partial charge in [0.1, 0.15) is 5.69 Å². The Morgan fingerprint density at radius 1 is 1.10 bits per heavy atom. The van der Waals surface area contributed by atoms with E-state index in [2.05, 4.69) is 15.2 Å². The van der Waals surface area contributed by atoms with Crippen LogP contribution in [0, 0.1) is 0 Å². The van der Waals surface area contributed by atoms with Gasteiger partial charge in [0.2, 0.25) is 11.0 Å². The molecule has 0 saturated carbocycles. The lowest BCUT2D eigenvalue weighted by Gasteiger charge is -2.03. The molecule has 1 aromatic carbocycles. The summed E-state index contributed by atoms with van der Waals surface area (Å²) in [5.41, 5.74) is 1.85. The molecule has 5 nitrogen and oxygen atoms in total. The van der Waals surface area contributed by atoms with Gasteiger partial charge in [-0.15, -0.1) is 10.2 Å². The summed E-state index contributed by atoms with van der Waals surface area (Å²) in [4.78, 5) is 4.22. The van der Waals surface area contributed by atoms with Crippen molar-refractivity contribution in [2.24, 2.45) is 0 Å². The van der Waals surface area contributed by atoms with Crippen LogP contribution in [0.1, 0.15) is 5.56 Å². The highest BCUT2D eigenvalue weighted by Gasteiger charge is 2.12. The number of thioether (sulfide) groups is 1. The van der Waals surface area contributed by atoms with Crippen molar-refractivity contribution in [3.8, 4) is 11.5 Å². The Kier molecular flexibility index (Phi) is 4.08. The number of nitrogens with zero attached hydrogens (tertiary/aromatic N) is 4. The first-order chi connectivity index (χ1) is 10.2. The Bertz CT molecular complexity index is 727. The maximum absolute atomic E-state index is 6.03. The van der Waals surface area contributed by atoms with Crippen molar-refractivity contribution >= 4 is 23.4 Å². The molecule has 2 heterocycles. The monoisotopic (exact) mass is 317 g/mol. The molecule has 106 valence electrons. The number of nitrogen functional groups attached to an aromatic ring is 1. The maximum Gasteiger partial charge on any atom is 0.210 e. The normalized spacial score (nSPS) is 10.7. The molecular weight excluding hydrogens is 306 g/mol. The minimum absolute atomic E-state index is 0.550. The summed E-state index contributed by atoms with van der Waals surface area (Å²) in [6, 6.07) is 13.3. The molecular formula is C14H12ClN5S. The van der Waals surface area contributed by atoms with Crippen LogP contribution in [0.15, 0.2) is 53.8 Å². The van der Waals surface area contributed by atoms with Crippen LogP contribution in [0.25, 0.3) is 11.5 Å². The molecule has 21 heavy (non-hydrogen) atoms. The van der Waals surface area contributed by atoms with Gasteiger partial charge in [0.15, 0.2) is 0 Å². The number of hydrogen-bond acceptors (Lipinski definition) is 5. The Balaban J connectivity index is 1.75. The summed E-state index contributed by atoms with van der Waals surface area (Å²) in [6.45, 7) is 0. The number of rotatable bonds is 4. The van der Waals surface area contributed by atoms with Crippen molar-refractivity contribution in [2.75, 3.05) is 5.84 Å². The molecule has 0 aliphatic carbocycles. The van der Waals surface area contributed by atoms with Gasteiger partial charge in [0, 0.05) is 17.0 Å². The molecule has 0 fully saturated rings. The van der Waals surface area contributed by atoms with E-state index in [1.807, 2.05) is 42.5 Å². The zero-order valence-electron chi connectivity index (χ0n) is 11.0. The fraction of sp³-hybridized carbons (Fsp3) is 0.0714. The van der Waals surface area contributed by atoms with Crippen LogP contribution < -0.4 is 5.84 Å². The minimum Gasteiger partial charge on any atom is -0.335 e. The second-order valence-corrected chi connectivity index (χ2v) is 5.69. The molecule has 0 bridgehead atoms. The summed E-state index contributed by atoms with van der Waals surface area (Å²) >= 11 is 7.38. The Morgan fingerprint density at radius 3 is 2.62 bits per heavy atom. The Hall–Kier alpha value is -2.05. The molecule has 0 amide bonds. The molecule has 7 heteroatoms. The zero-order valence-corrected chi connectivity index (χ0v) is 12.6. The van der Waals surface area contributed by atoms with Crippen molar-refractivity contribution < 1.29 is 0 Å². The second-order valence-electron chi connectivity index (χ2n) is 4.31. The van der Waals surface area contributed by atoms with Gasteiger partial charge in [-0.25, -0.2) is 4.68 Å². The van der Waals surface area contributed by atoms with Crippen LogP contribution in [0.4, 0.5) is 0 Å². The third-order valence-corrected chi connectivity index (χ3v) is 4.11. The molecule has 2 aromatic heterocycles. The topological polar surface area (TPSA) is 69.6 Å². The van der Waals surface area contributed by atoms with E-state index in [1.165, 1.54) is 16.4 Å². The van der Waals surface area contributed by atoms with E-state index < -0.39 is 0 Å². The van der Waals surface area contributed by atoms with E-state index in [9.17, 15) is 0 Å². The molecule has 2 N–H and O–H groups in total. The maximum atomic E-state index is 6.03. The van der Waals surface area contributed by atoms with Crippen LogP contribution in [-0.4, -0.2) is 19.9 Å². The van der Waals surface area contributed by atoms with Crippen molar-refractivity contribution in [1.29, 1.82) is 0 Å². The summed E-state index contributed by atoms with van der Waals surface area (Å²) in [5.74, 6) is 7.33. The van der Waals surface area contributed by atoms with Crippen LogP contribution in [0.3, 0.4) is 0 Å². The summed E-state index contributed by atoms with van der Waals surface area (Å²) in [5, 5.41) is 9.57. The highest BCUT2D eigenvalue weighted by Crippen LogP contribution is 2.23. The molecule has 0 spiro atoms. The highest BCUT2D eigenvalue weighted by atomic mass is 35.5. The van der Waals surface area contributed by atoms with E-state index in [-0.39, 0.29) is 0 Å². The van der Waals surface area contributed by atoms with E-state index in [0.717, 1.165) is 16.3 Å². The molecule has 0 saturated heterocycles. The smallest absolute Gasteiger partial charge is 0.210 e. The number of benzene rings is 1. The van der Waals surface area contributed by atoms with Crippen LogP contribution >= 0.6 is 23.4 Å². The van der Waals surface area contributed by atoms with E-state index in [1.54, 1.807) is 6.20 Å². The van der Waals surface area contributed by atoms with Crippen LogP contribution in [0.5, 0.6) is 0 Å². The van der Waals surface area contributed by atoms with Gasteiger partial charge in [0.05, 0.1) is 0 Å². The van der Waals surface area contributed by atoms with Gasteiger partial charge in [-0.05, 0) is 29.8 Å². The van der Waals surface area contributed by atoms with Gasteiger partial charge >= 0.3 is 0 Å². The number of pyridine rings is 1. The summed E-state index contributed by atoms with van der Waals surface area (Å²) in [6.07, 6.45) is 1.70. The summed E-state index contributed by atoms with van der Waals surface area (Å²) in [7, 11) is 0. The zero-order chi connectivity index (χ0) is 14.7. The van der Waals surface area contributed by atoms with Crippen molar-refractivity contribution in [3.05, 3.63) is 59.2 Å². The van der Waals surface area contributed by atoms with Crippen molar-refractivity contribution in [2.45, 2.75) is 10.9 Å². The lowest BCUT2D eigenvalue weighted by Crippen LogP contribution is -2.12. The predicted molar refractivity (Wildman–Crippen MR) is 84.4 cm³/mol.